The smallest absolute Gasteiger partial charge is 0.267 e. The van der Waals surface area contributed by atoms with E-state index >= 15 is 0 Å². The van der Waals surface area contributed by atoms with Crippen molar-refractivity contribution in [2.45, 2.75) is 46.6 Å². The Morgan fingerprint density at radius 3 is 2.32 bits per heavy atom. The van der Waals surface area contributed by atoms with Gasteiger partial charge in [0.05, 0.1) is 11.8 Å². The van der Waals surface area contributed by atoms with Crippen LogP contribution in [0.1, 0.15) is 54.7 Å². The highest BCUT2D eigenvalue weighted by Gasteiger charge is 2.27. The highest BCUT2D eigenvalue weighted by molar-refractivity contribution is 6.31. The molecule has 1 amide bonds. The van der Waals surface area contributed by atoms with Gasteiger partial charge in [0.1, 0.15) is 0 Å². The molecule has 0 fully saturated rings. The van der Waals surface area contributed by atoms with E-state index in [0.717, 1.165) is 17.5 Å². The summed E-state index contributed by atoms with van der Waals surface area (Å²) in [6, 6.07) is 13.5. The molecular weight excluding hydrogens is 332 g/mol. The summed E-state index contributed by atoms with van der Waals surface area (Å²) in [7, 11) is 0. The second-order valence-corrected chi connectivity index (χ2v) is 7.58. The first-order chi connectivity index (χ1) is 11.7. The summed E-state index contributed by atoms with van der Waals surface area (Å²) in [5, 5.41) is 6.53. The molecule has 2 rings (SSSR count). The molecule has 2 aromatic carbocycles. The first kappa shape index (κ1) is 19.2. The van der Waals surface area contributed by atoms with E-state index in [-0.39, 0.29) is 5.91 Å². The van der Waals surface area contributed by atoms with Gasteiger partial charge >= 0.3 is 0 Å². The third-order valence-corrected chi connectivity index (χ3v) is 4.05. The Kier molecular flexibility index (Phi) is 6.02. The van der Waals surface area contributed by atoms with Gasteiger partial charge in [0, 0.05) is 10.6 Å². The Hall–Kier alpha value is -2.13. The van der Waals surface area contributed by atoms with Gasteiger partial charge in [-0.1, -0.05) is 42.8 Å². The molecule has 4 heteroatoms. The van der Waals surface area contributed by atoms with Crippen LogP contribution >= 0.6 is 11.6 Å². The first-order valence-corrected chi connectivity index (χ1v) is 8.83. The van der Waals surface area contributed by atoms with Crippen molar-refractivity contribution in [3.05, 3.63) is 69.7 Å². The number of hydrogen-bond acceptors (Lipinski definition) is 2. The quantitative estimate of drug-likeness (QED) is 0.527. The van der Waals surface area contributed by atoms with Crippen LogP contribution in [0, 0.1) is 6.92 Å². The van der Waals surface area contributed by atoms with E-state index in [2.05, 4.69) is 24.2 Å². The molecule has 0 radical (unpaired) electrons. The monoisotopic (exact) mass is 356 g/mol. The minimum absolute atomic E-state index is 0.167. The second-order valence-electron chi connectivity index (χ2n) is 7.14. The highest BCUT2D eigenvalue weighted by atomic mass is 35.5. The number of carbonyl (C=O) groups is 1. The fraction of sp³-hybridized carbons (Fsp3) is 0.333. The molecule has 0 aliphatic heterocycles. The van der Waals surface area contributed by atoms with Crippen molar-refractivity contribution in [1.82, 2.24) is 5.01 Å². The molecule has 0 saturated heterocycles. The van der Waals surface area contributed by atoms with Crippen molar-refractivity contribution in [3.63, 3.8) is 0 Å². The third-order valence-electron chi connectivity index (χ3n) is 3.83. The average molecular weight is 357 g/mol. The van der Waals surface area contributed by atoms with Gasteiger partial charge in [-0.25, -0.2) is 5.01 Å². The van der Waals surface area contributed by atoms with E-state index < -0.39 is 5.54 Å². The lowest BCUT2D eigenvalue weighted by Gasteiger charge is -2.31. The zero-order chi connectivity index (χ0) is 18.6. The Morgan fingerprint density at radius 2 is 1.80 bits per heavy atom. The van der Waals surface area contributed by atoms with E-state index in [0.29, 0.717) is 10.6 Å². The summed E-state index contributed by atoms with van der Waals surface area (Å²) < 4.78 is 0. The maximum atomic E-state index is 13.0. The average Bonchev–Trinajstić information content (AvgIpc) is 2.53. The molecule has 0 N–H and O–H groups in total. The fourth-order valence-electron chi connectivity index (χ4n) is 2.48. The number of amides is 1. The van der Waals surface area contributed by atoms with Crippen LogP contribution in [-0.2, 0) is 6.42 Å². The van der Waals surface area contributed by atoms with E-state index in [1.54, 1.807) is 12.3 Å². The van der Waals surface area contributed by atoms with Crippen molar-refractivity contribution in [2.75, 3.05) is 0 Å². The molecule has 3 nitrogen and oxygen atoms in total. The maximum Gasteiger partial charge on any atom is 0.274 e. The van der Waals surface area contributed by atoms with Gasteiger partial charge < -0.3 is 0 Å². The summed E-state index contributed by atoms with van der Waals surface area (Å²) in [5.74, 6) is -0.167. The number of aryl methyl sites for hydroxylation is 2. The lowest BCUT2D eigenvalue weighted by molar-refractivity contribution is 0.0593. The molecule has 0 aliphatic carbocycles. The topological polar surface area (TPSA) is 32.7 Å². The van der Waals surface area contributed by atoms with Crippen LogP contribution in [-0.4, -0.2) is 22.7 Å². The molecule has 0 spiro atoms. The Bertz CT molecular complexity index is 753. The summed E-state index contributed by atoms with van der Waals surface area (Å²) in [6.07, 6.45) is 2.72. The second kappa shape index (κ2) is 7.83. The van der Waals surface area contributed by atoms with Gasteiger partial charge in [-0.15, -0.1) is 0 Å². The molecule has 0 bridgehead atoms. The number of hydrazone groups is 1. The van der Waals surface area contributed by atoms with Gasteiger partial charge in [0.25, 0.3) is 5.91 Å². The summed E-state index contributed by atoms with van der Waals surface area (Å²) >= 11 is 6.11. The predicted octanol–water partition coefficient (Wildman–Crippen LogP) is 5.49. The molecule has 25 heavy (non-hydrogen) atoms. The standard InChI is InChI=1S/C21H25ClN2O/c1-6-16-7-9-17(10-8-16)14-23-24(21(3,4)5)20(25)18-11-15(2)12-19(22)13-18/h7-14H,6H2,1-5H3/b23-14+. The SMILES string of the molecule is CCc1ccc(/C=N/N(C(=O)c2cc(C)cc(Cl)c2)C(C)(C)C)cc1. The number of benzene rings is 2. The molecule has 0 unspecified atom stereocenters. The summed E-state index contributed by atoms with van der Waals surface area (Å²) in [6.45, 7) is 9.91. The molecule has 0 saturated carbocycles. The molecule has 2 aromatic rings. The Labute approximate surface area is 155 Å². The van der Waals surface area contributed by atoms with Crippen LogP contribution in [0.2, 0.25) is 5.02 Å². The number of carbonyl (C=O) groups excluding carboxylic acids is 1. The van der Waals surface area contributed by atoms with E-state index in [1.165, 1.54) is 10.6 Å². The van der Waals surface area contributed by atoms with E-state index in [4.69, 9.17) is 11.6 Å². The minimum atomic E-state index is -0.451. The normalized spacial score (nSPS) is 11.8. The predicted molar refractivity (Wildman–Crippen MR) is 106 cm³/mol. The Balaban J connectivity index is 2.32. The largest absolute Gasteiger partial charge is 0.274 e. The zero-order valence-corrected chi connectivity index (χ0v) is 16.3. The van der Waals surface area contributed by atoms with E-state index in [9.17, 15) is 4.79 Å². The van der Waals surface area contributed by atoms with Crippen LogP contribution in [0.15, 0.2) is 47.6 Å². The number of nitrogens with zero attached hydrogens (tertiary/aromatic N) is 2. The lowest BCUT2D eigenvalue weighted by Crippen LogP contribution is -2.42. The van der Waals surface area contributed by atoms with Gasteiger partial charge in [-0.3, -0.25) is 4.79 Å². The lowest BCUT2D eigenvalue weighted by atomic mass is 10.1. The molecule has 0 aromatic heterocycles. The number of rotatable bonds is 4. The molecular formula is C21H25ClN2O. The van der Waals surface area contributed by atoms with Crippen molar-refractivity contribution in [1.29, 1.82) is 0 Å². The van der Waals surface area contributed by atoms with Gasteiger partial charge in [0.2, 0.25) is 0 Å². The van der Waals surface area contributed by atoms with Crippen molar-refractivity contribution >= 4 is 23.7 Å². The van der Waals surface area contributed by atoms with Crippen LogP contribution in [0.3, 0.4) is 0 Å². The molecule has 132 valence electrons. The maximum absolute atomic E-state index is 13.0. The number of halogens is 1. The highest BCUT2D eigenvalue weighted by Crippen LogP contribution is 2.21. The third kappa shape index (κ3) is 5.17. The fourth-order valence-corrected chi connectivity index (χ4v) is 2.77. The van der Waals surface area contributed by atoms with Gasteiger partial charge in [-0.05, 0) is 69.0 Å². The minimum Gasteiger partial charge on any atom is -0.267 e. The van der Waals surface area contributed by atoms with Crippen LogP contribution in [0.5, 0.6) is 0 Å². The van der Waals surface area contributed by atoms with Crippen molar-refractivity contribution in [2.24, 2.45) is 5.10 Å². The molecule has 0 aliphatic rings. The van der Waals surface area contributed by atoms with Crippen molar-refractivity contribution < 1.29 is 4.79 Å². The van der Waals surface area contributed by atoms with Crippen molar-refractivity contribution in [3.8, 4) is 0 Å². The van der Waals surface area contributed by atoms with Gasteiger partial charge in [-0.2, -0.15) is 5.10 Å². The number of hydrogen-bond donors (Lipinski definition) is 0. The summed E-state index contributed by atoms with van der Waals surface area (Å²) in [4.78, 5) is 13.0. The molecule has 0 atom stereocenters. The van der Waals surface area contributed by atoms with E-state index in [1.807, 2.05) is 52.0 Å². The first-order valence-electron chi connectivity index (χ1n) is 8.45. The van der Waals surface area contributed by atoms with Crippen LogP contribution < -0.4 is 0 Å². The van der Waals surface area contributed by atoms with Crippen LogP contribution in [0.4, 0.5) is 0 Å². The Morgan fingerprint density at radius 1 is 1.16 bits per heavy atom. The van der Waals surface area contributed by atoms with Gasteiger partial charge in [0.15, 0.2) is 0 Å². The summed E-state index contributed by atoms with van der Waals surface area (Å²) in [5.41, 5.74) is 3.27. The van der Waals surface area contributed by atoms with Crippen LogP contribution in [0.25, 0.3) is 0 Å². The molecule has 0 heterocycles. The zero-order valence-electron chi connectivity index (χ0n) is 15.5.